The lowest BCUT2D eigenvalue weighted by atomic mass is 10.0. The number of thioether (sulfide) groups is 2. The van der Waals surface area contributed by atoms with Crippen LogP contribution in [0.25, 0.3) is 0 Å². The van der Waals surface area contributed by atoms with E-state index in [1.165, 1.54) is 36.0 Å². The van der Waals surface area contributed by atoms with E-state index in [1.54, 1.807) is 6.92 Å². The molecule has 0 saturated carbocycles. The van der Waals surface area contributed by atoms with Gasteiger partial charge in [0, 0.05) is 17.2 Å². The third-order valence-corrected chi connectivity index (χ3v) is 9.56. The molecule has 2 aliphatic heterocycles. The summed E-state index contributed by atoms with van der Waals surface area (Å²) in [6.07, 6.45) is -0.486. The molecular formula is C21H26N9O8PS2. The van der Waals surface area contributed by atoms with Gasteiger partial charge in [0.2, 0.25) is 11.1 Å². The van der Waals surface area contributed by atoms with Crippen LogP contribution in [0.5, 0.6) is 0 Å². The maximum atomic E-state index is 13.0. The zero-order chi connectivity index (χ0) is 29.9. The summed E-state index contributed by atoms with van der Waals surface area (Å²) in [6.45, 7) is 1.59. The Morgan fingerprint density at radius 2 is 2.02 bits per heavy atom. The number of aromatic nitrogens is 4. The van der Waals surface area contributed by atoms with Gasteiger partial charge in [-0.05, 0) is 40.6 Å². The van der Waals surface area contributed by atoms with Crippen LogP contribution in [0, 0.1) is 0 Å². The number of carboxylic acids is 1. The molecule has 4 atom stereocenters. The molecule has 0 spiro atoms. The van der Waals surface area contributed by atoms with Crippen molar-refractivity contribution in [2.75, 3.05) is 23.4 Å². The minimum atomic E-state index is -3.98. The van der Waals surface area contributed by atoms with Crippen molar-refractivity contribution in [2.45, 2.75) is 35.8 Å². The van der Waals surface area contributed by atoms with Crippen molar-refractivity contribution in [1.29, 1.82) is 0 Å². The van der Waals surface area contributed by atoms with Crippen LogP contribution >= 0.6 is 31.1 Å². The van der Waals surface area contributed by atoms with Gasteiger partial charge in [0.15, 0.2) is 0 Å². The van der Waals surface area contributed by atoms with E-state index in [4.69, 9.17) is 16.0 Å². The molecule has 1 saturated heterocycles. The number of β-lactam (4-membered cyclic amide) rings is 1. The number of rotatable bonds is 12. The van der Waals surface area contributed by atoms with Gasteiger partial charge in [0.25, 0.3) is 5.91 Å². The second-order valence-corrected chi connectivity index (χ2v) is 12.6. The van der Waals surface area contributed by atoms with Crippen LogP contribution in [0.3, 0.4) is 0 Å². The van der Waals surface area contributed by atoms with E-state index in [1.807, 2.05) is 0 Å². The number of hydrogen-bond donors (Lipinski definition) is 6. The molecule has 8 N–H and O–H groups in total. The van der Waals surface area contributed by atoms with E-state index in [0.29, 0.717) is 16.8 Å². The number of primary amides is 1. The third kappa shape index (κ3) is 6.88. The van der Waals surface area contributed by atoms with Gasteiger partial charge >= 0.3 is 19.6 Å². The smallest absolute Gasteiger partial charge is 0.352 e. The largest absolute Gasteiger partial charge is 0.477 e. The number of nitrogens with two attached hydrogens (primary N) is 2. The highest BCUT2D eigenvalue weighted by Gasteiger charge is 2.54. The first kappa shape index (κ1) is 30.5. The van der Waals surface area contributed by atoms with Gasteiger partial charge in [-0.1, -0.05) is 23.9 Å². The molecule has 41 heavy (non-hydrogen) atoms. The van der Waals surface area contributed by atoms with Crippen molar-refractivity contribution in [1.82, 2.24) is 30.4 Å². The summed E-state index contributed by atoms with van der Waals surface area (Å²) in [5, 5.41) is 25.4. The van der Waals surface area contributed by atoms with Crippen molar-refractivity contribution >= 4 is 60.6 Å². The van der Waals surface area contributed by atoms with Gasteiger partial charge in [-0.2, -0.15) is 0 Å². The molecule has 0 aliphatic carbocycles. The molecule has 4 amide bonds. The highest BCUT2D eigenvalue weighted by Crippen LogP contribution is 2.44. The van der Waals surface area contributed by atoms with Gasteiger partial charge in [-0.3, -0.25) is 19.1 Å². The SMILES string of the molecule is CCOP(=O)(O)Cn1nnnc1SCC1=C(C(=O)O)N2C(=O)[C@@H](NC(=O)C(N)c3ccc(NC(N)=O)cc3)[C@H]2SC1. The Hall–Kier alpha value is -3.48. The summed E-state index contributed by atoms with van der Waals surface area (Å²) in [5.41, 5.74) is 12.2. The van der Waals surface area contributed by atoms with Gasteiger partial charge in [-0.15, -0.1) is 16.9 Å². The fourth-order valence-electron chi connectivity index (χ4n) is 4.06. The number of benzene rings is 1. The van der Waals surface area contributed by atoms with Crippen LogP contribution in [0.2, 0.25) is 0 Å². The number of tetrazole rings is 1. The Morgan fingerprint density at radius 1 is 1.32 bits per heavy atom. The van der Waals surface area contributed by atoms with Crippen molar-refractivity contribution < 1.29 is 38.3 Å². The van der Waals surface area contributed by atoms with Crippen molar-refractivity contribution in [2.24, 2.45) is 11.5 Å². The minimum absolute atomic E-state index is 0.0199. The Labute approximate surface area is 240 Å². The second kappa shape index (κ2) is 12.6. The van der Waals surface area contributed by atoms with Gasteiger partial charge in [-0.25, -0.2) is 14.3 Å². The van der Waals surface area contributed by atoms with Crippen LogP contribution in [-0.2, 0) is 29.8 Å². The molecular weight excluding hydrogens is 601 g/mol. The predicted molar refractivity (Wildman–Crippen MR) is 146 cm³/mol. The molecule has 20 heteroatoms. The Morgan fingerprint density at radius 3 is 2.66 bits per heavy atom. The summed E-state index contributed by atoms with van der Waals surface area (Å²) < 4.78 is 18.0. The lowest BCUT2D eigenvalue weighted by molar-refractivity contribution is -0.150. The number of nitrogens with zero attached hydrogens (tertiary/aromatic N) is 5. The maximum absolute atomic E-state index is 13.0. The number of carboxylic acid groups (broad SMARTS) is 1. The number of hydrogen-bond acceptors (Lipinski definition) is 12. The van der Waals surface area contributed by atoms with E-state index in [-0.39, 0.29) is 29.0 Å². The highest BCUT2D eigenvalue weighted by molar-refractivity contribution is 8.01. The van der Waals surface area contributed by atoms with Gasteiger partial charge in [0.05, 0.1) is 6.61 Å². The average Bonchev–Trinajstić information content (AvgIpc) is 3.35. The maximum Gasteiger partial charge on any atom is 0.352 e. The number of carbonyl (C=O) groups excluding carboxylic acids is 3. The van der Waals surface area contributed by atoms with Crippen molar-refractivity contribution in [3.8, 4) is 0 Å². The van der Waals surface area contributed by atoms with E-state index >= 15 is 0 Å². The zero-order valence-corrected chi connectivity index (χ0v) is 23.9. The number of urea groups is 1. The minimum Gasteiger partial charge on any atom is -0.477 e. The number of amides is 4. The highest BCUT2D eigenvalue weighted by atomic mass is 32.2. The van der Waals surface area contributed by atoms with Gasteiger partial charge < -0.3 is 36.6 Å². The quantitative estimate of drug-likeness (QED) is 0.102. The Kier molecular flexibility index (Phi) is 9.35. The summed E-state index contributed by atoms with van der Waals surface area (Å²) >= 11 is 2.31. The third-order valence-electron chi connectivity index (χ3n) is 5.89. The van der Waals surface area contributed by atoms with Crippen LogP contribution < -0.4 is 22.1 Å². The van der Waals surface area contributed by atoms with E-state index in [0.717, 1.165) is 21.3 Å². The summed E-state index contributed by atoms with van der Waals surface area (Å²) in [5.74, 6) is -2.25. The summed E-state index contributed by atoms with van der Waals surface area (Å²) in [6, 6.07) is 3.24. The molecule has 2 aliphatic rings. The molecule has 0 bridgehead atoms. The summed E-state index contributed by atoms with van der Waals surface area (Å²) in [4.78, 5) is 59.9. The van der Waals surface area contributed by atoms with Crippen LogP contribution in [0.1, 0.15) is 18.5 Å². The monoisotopic (exact) mass is 627 g/mol. The Bertz CT molecular complexity index is 1440. The number of fused-ring (bicyclic) bond motifs is 1. The number of aliphatic carboxylic acids is 1. The molecule has 220 valence electrons. The van der Waals surface area contributed by atoms with Crippen LogP contribution in [-0.4, -0.2) is 88.5 Å². The fraction of sp³-hybridized carbons (Fsp3) is 0.381. The molecule has 1 aromatic carbocycles. The number of carbonyl (C=O) groups is 4. The topological polar surface area (TPSA) is 258 Å². The molecule has 0 radical (unpaired) electrons. The van der Waals surface area contributed by atoms with E-state index in [2.05, 4.69) is 26.2 Å². The number of anilines is 1. The van der Waals surface area contributed by atoms with Crippen LogP contribution in [0.15, 0.2) is 40.7 Å². The van der Waals surface area contributed by atoms with Crippen molar-refractivity contribution in [3.63, 3.8) is 0 Å². The predicted octanol–water partition coefficient (Wildman–Crippen LogP) is -0.126. The molecule has 2 aromatic rings. The lowest BCUT2D eigenvalue weighted by Crippen LogP contribution is -2.71. The summed E-state index contributed by atoms with van der Waals surface area (Å²) in [7, 11) is -3.98. The second-order valence-electron chi connectivity index (χ2n) is 8.69. The molecule has 1 fully saturated rings. The van der Waals surface area contributed by atoms with E-state index in [9.17, 15) is 33.7 Å². The van der Waals surface area contributed by atoms with Crippen LogP contribution in [0.4, 0.5) is 10.5 Å². The number of nitrogens with one attached hydrogen (secondary N) is 2. The molecule has 4 rings (SSSR count). The average molecular weight is 628 g/mol. The first-order valence-corrected chi connectivity index (χ1v) is 15.7. The van der Waals surface area contributed by atoms with E-state index < -0.39 is 55.2 Å². The van der Waals surface area contributed by atoms with Gasteiger partial charge in [0.1, 0.15) is 29.4 Å². The Balaban J connectivity index is 1.41. The van der Waals surface area contributed by atoms with Crippen molar-refractivity contribution in [3.05, 3.63) is 41.1 Å². The fourth-order valence-corrected chi connectivity index (χ4v) is 7.53. The lowest BCUT2D eigenvalue weighted by Gasteiger charge is -2.49. The first-order chi connectivity index (χ1) is 19.4. The molecule has 1 aromatic heterocycles. The molecule has 3 heterocycles. The first-order valence-electron chi connectivity index (χ1n) is 11.9. The normalized spacial score (nSPS) is 20.5. The standard InChI is InChI=1S/C21H26N9O8PS2/c1-2-38-39(36,37)9-29-21(26-27-28-29)41-8-11-7-40-18-14(17(32)30(18)15(11)19(33)34)25-16(31)13(22)10-3-5-12(6-4-10)24-20(23)35/h3-6,13-14,18H,2,7-9,22H2,1H3,(H,25,31)(H,33,34)(H,36,37)(H3,23,24,35)/t13?,14-,18-/m1/s1. The molecule has 17 nitrogen and oxygen atoms in total. The zero-order valence-electron chi connectivity index (χ0n) is 21.4. The molecule has 2 unspecified atom stereocenters.